The van der Waals surface area contributed by atoms with Crippen LogP contribution in [0.5, 0.6) is 0 Å². The van der Waals surface area contributed by atoms with Crippen LogP contribution in [-0.4, -0.2) is 45.4 Å². The van der Waals surface area contributed by atoms with Crippen molar-refractivity contribution in [3.8, 4) is 0 Å². The Bertz CT molecular complexity index is 670. The Balaban J connectivity index is 0.00000529. The van der Waals surface area contributed by atoms with Gasteiger partial charge in [0.1, 0.15) is 22.0 Å². The van der Waals surface area contributed by atoms with Crippen molar-refractivity contribution in [3.05, 3.63) is 17.1 Å². The first kappa shape index (κ1) is 22.9. The summed E-state index contributed by atoms with van der Waals surface area (Å²) in [5.41, 5.74) is 5.92. The number of hydrogen-bond donors (Lipinski definition) is 1. The number of carbonyl (C=O) groups excluding carboxylic acids is 1. The number of furan rings is 1. The SMILES string of the molecule is COC(=O)c1c(C)oc(C)c1S(=O)(=O)N(C)CCC(N)C(C)C.Cl. The molecule has 0 amide bonds. The predicted molar refractivity (Wildman–Crippen MR) is 94.0 cm³/mol. The smallest absolute Gasteiger partial charge is 0.342 e. The van der Waals surface area contributed by atoms with Crippen molar-refractivity contribution >= 4 is 28.4 Å². The molecule has 9 heteroatoms. The molecule has 1 atom stereocenters. The number of sulfonamides is 1. The Hall–Kier alpha value is -1.09. The molecule has 0 radical (unpaired) electrons. The van der Waals surface area contributed by atoms with Gasteiger partial charge in [0, 0.05) is 19.6 Å². The largest absolute Gasteiger partial charge is 0.465 e. The molecule has 0 aliphatic heterocycles. The molecule has 0 fully saturated rings. The number of esters is 1. The maximum absolute atomic E-state index is 12.8. The van der Waals surface area contributed by atoms with Gasteiger partial charge in [-0.25, -0.2) is 17.5 Å². The average Bonchev–Trinajstić information content (AvgIpc) is 2.78. The number of halogens is 1. The molecule has 2 N–H and O–H groups in total. The summed E-state index contributed by atoms with van der Waals surface area (Å²) in [6, 6.07) is -0.0973. The minimum Gasteiger partial charge on any atom is -0.465 e. The molecule has 0 saturated carbocycles. The standard InChI is InChI=1S/C15H26N2O5S.ClH/c1-9(2)12(16)7-8-17(5)23(19,20)14-11(4)22-10(3)13(14)15(18)21-6;/h9,12H,7-8,16H2,1-6H3;1H. The van der Waals surface area contributed by atoms with Gasteiger partial charge in [0.05, 0.1) is 7.11 Å². The van der Waals surface area contributed by atoms with Crippen LogP contribution in [-0.2, 0) is 14.8 Å². The maximum atomic E-state index is 12.8. The minimum atomic E-state index is -3.87. The second-order valence-electron chi connectivity index (χ2n) is 5.93. The highest BCUT2D eigenvalue weighted by atomic mass is 35.5. The molecule has 0 aromatic carbocycles. The molecule has 7 nitrogen and oxygen atoms in total. The number of methoxy groups -OCH3 is 1. The third kappa shape index (κ3) is 4.72. The van der Waals surface area contributed by atoms with Crippen LogP contribution in [0.2, 0.25) is 0 Å². The normalized spacial score (nSPS) is 13.0. The second kappa shape index (κ2) is 8.84. The summed E-state index contributed by atoms with van der Waals surface area (Å²) in [5.74, 6) is -0.0806. The van der Waals surface area contributed by atoms with E-state index in [1.807, 2.05) is 13.8 Å². The Morgan fingerprint density at radius 1 is 1.29 bits per heavy atom. The van der Waals surface area contributed by atoms with E-state index in [0.29, 0.717) is 6.42 Å². The Labute approximate surface area is 150 Å². The maximum Gasteiger partial charge on any atom is 0.342 e. The van der Waals surface area contributed by atoms with Crippen LogP contribution in [0.1, 0.15) is 42.1 Å². The molecule has 0 spiro atoms. The Kier molecular flexibility index (Phi) is 8.44. The second-order valence-corrected chi connectivity index (χ2v) is 7.91. The molecule has 0 aliphatic carbocycles. The van der Waals surface area contributed by atoms with E-state index in [9.17, 15) is 13.2 Å². The number of hydrogen-bond acceptors (Lipinski definition) is 6. The average molecular weight is 383 g/mol. The Morgan fingerprint density at radius 2 is 1.83 bits per heavy atom. The van der Waals surface area contributed by atoms with Gasteiger partial charge in [0.15, 0.2) is 0 Å². The molecule has 0 saturated heterocycles. The van der Waals surface area contributed by atoms with Crippen LogP contribution in [0, 0.1) is 19.8 Å². The lowest BCUT2D eigenvalue weighted by molar-refractivity contribution is 0.0594. The van der Waals surface area contributed by atoms with Crippen LogP contribution in [0.25, 0.3) is 0 Å². The summed E-state index contributed by atoms with van der Waals surface area (Å²) >= 11 is 0. The number of nitrogens with two attached hydrogens (primary N) is 1. The molecule has 1 unspecified atom stereocenters. The van der Waals surface area contributed by atoms with Crippen LogP contribution >= 0.6 is 12.4 Å². The van der Waals surface area contributed by atoms with E-state index in [0.717, 1.165) is 0 Å². The van der Waals surface area contributed by atoms with E-state index in [4.69, 9.17) is 10.2 Å². The summed E-state index contributed by atoms with van der Waals surface area (Å²) in [4.78, 5) is 11.8. The lowest BCUT2D eigenvalue weighted by atomic mass is 10.0. The fraction of sp³-hybridized carbons (Fsp3) is 0.667. The number of carbonyl (C=O) groups is 1. The van der Waals surface area contributed by atoms with Crippen molar-refractivity contribution in [2.75, 3.05) is 20.7 Å². The molecule has 1 heterocycles. The van der Waals surface area contributed by atoms with Crippen LogP contribution in [0.3, 0.4) is 0 Å². The van der Waals surface area contributed by atoms with Gasteiger partial charge < -0.3 is 14.9 Å². The summed E-state index contributed by atoms with van der Waals surface area (Å²) in [5, 5.41) is 0. The number of ether oxygens (including phenoxy) is 1. The van der Waals surface area contributed by atoms with Crippen LogP contribution in [0.15, 0.2) is 9.31 Å². The van der Waals surface area contributed by atoms with E-state index >= 15 is 0 Å². The van der Waals surface area contributed by atoms with Gasteiger partial charge in [-0.3, -0.25) is 0 Å². The summed E-state index contributed by atoms with van der Waals surface area (Å²) in [6.07, 6.45) is 0.525. The van der Waals surface area contributed by atoms with Gasteiger partial charge in [-0.1, -0.05) is 13.8 Å². The van der Waals surface area contributed by atoms with Crippen molar-refractivity contribution in [2.24, 2.45) is 11.7 Å². The Morgan fingerprint density at radius 3 is 2.29 bits per heavy atom. The molecule has 24 heavy (non-hydrogen) atoms. The fourth-order valence-corrected chi connectivity index (χ4v) is 3.80. The first-order valence-corrected chi connectivity index (χ1v) is 8.88. The van der Waals surface area contributed by atoms with E-state index in [1.54, 1.807) is 0 Å². The molecular formula is C15H27ClN2O5S. The molecule has 0 aliphatic rings. The first-order valence-electron chi connectivity index (χ1n) is 7.44. The van der Waals surface area contributed by atoms with E-state index in [1.165, 1.54) is 32.3 Å². The van der Waals surface area contributed by atoms with Crippen molar-refractivity contribution < 1.29 is 22.4 Å². The third-order valence-corrected chi connectivity index (χ3v) is 5.91. The fourth-order valence-electron chi connectivity index (χ4n) is 2.25. The van der Waals surface area contributed by atoms with Crippen molar-refractivity contribution in [1.29, 1.82) is 0 Å². The highest BCUT2D eigenvalue weighted by Crippen LogP contribution is 2.29. The zero-order chi connectivity index (χ0) is 17.9. The lowest BCUT2D eigenvalue weighted by Crippen LogP contribution is -2.35. The van der Waals surface area contributed by atoms with Gasteiger partial charge in [-0.2, -0.15) is 0 Å². The first-order chi connectivity index (χ1) is 10.5. The molecular weight excluding hydrogens is 356 g/mol. The summed E-state index contributed by atoms with van der Waals surface area (Å²) in [6.45, 7) is 7.27. The van der Waals surface area contributed by atoms with Gasteiger partial charge in [0.25, 0.3) is 0 Å². The minimum absolute atomic E-state index is 0. The number of aryl methyl sites for hydroxylation is 2. The third-order valence-electron chi connectivity index (χ3n) is 3.90. The highest BCUT2D eigenvalue weighted by molar-refractivity contribution is 7.89. The van der Waals surface area contributed by atoms with E-state index in [-0.39, 0.29) is 52.9 Å². The van der Waals surface area contributed by atoms with Crippen molar-refractivity contribution in [3.63, 3.8) is 0 Å². The zero-order valence-corrected chi connectivity index (χ0v) is 16.6. The molecule has 1 aromatic rings. The summed E-state index contributed by atoms with van der Waals surface area (Å²) in [7, 11) is -1.21. The van der Waals surface area contributed by atoms with E-state index < -0.39 is 16.0 Å². The van der Waals surface area contributed by atoms with Gasteiger partial charge in [-0.05, 0) is 26.2 Å². The van der Waals surface area contributed by atoms with Crippen molar-refractivity contribution in [1.82, 2.24) is 4.31 Å². The van der Waals surface area contributed by atoms with Crippen molar-refractivity contribution in [2.45, 2.75) is 45.1 Å². The van der Waals surface area contributed by atoms with E-state index in [2.05, 4.69) is 4.74 Å². The zero-order valence-electron chi connectivity index (χ0n) is 15.0. The lowest BCUT2D eigenvalue weighted by Gasteiger charge is -2.21. The number of rotatable bonds is 7. The highest BCUT2D eigenvalue weighted by Gasteiger charge is 2.34. The van der Waals surface area contributed by atoms with Crippen LogP contribution < -0.4 is 5.73 Å². The van der Waals surface area contributed by atoms with Gasteiger partial charge in [-0.15, -0.1) is 12.4 Å². The molecule has 1 aromatic heterocycles. The molecule has 0 bridgehead atoms. The number of nitrogens with zero attached hydrogens (tertiary/aromatic N) is 1. The van der Waals surface area contributed by atoms with Gasteiger partial charge >= 0.3 is 5.97 Å². The van der Waals surface area contributed by atoms with Crippen LogP contribution in [0.4, 0.5) is 0 Å². The topological polar surface area (TPSA) is 103 Å². The van der Waals surface area contributed by atoms with Gasteiger partial charge in [0.2, 0.25) is 10.0 Å². The monoisotopic (exact) mass is 382 g/mol. The summed E-state index contributed by atoms with van der Waals surface area (Å²) < 4.78 is 36.8. The molecule has 140 valence electrons. The quantitative estimate of drug-likeness (QED) is 0.724. The predicted octanol–water partition coefficient (Wildman–Crippen LogP) is 2.10. The molecule has 1 rings (SSSR count).